The summed E-state index contributed by atoms with van der Waals surface area (Å²) in [5, 5.41) is 10.5. The number of anilines is 2. The Kier molecular flexibility index (Phi) is 4.18. The molecule has 112 valence electrons. The molecule has 0 aliphatic heterocycles. The lowest BCUT2D eigenvalue weighted by Gasteiger charge is -2.30. The summed E-state index contributed by atoms with van der Waals surface area (Å²) in [7, 11) is 1.97. The smallest absolute Gasteiger partial charge is 0.137 e. The van der Waals surface area contributed by atoms with Gasteiger partial charge in [-0.1, -0.05) is 26.7 Å². The van der Waals surface area contributed by atoms with E-state index in [0.717, 1.165) is 42.9 Å². The van der Waals surface area contributed by atoms with Gasteiger partial charge in [0.2, 0.25) is 0 Å². The van der Waals surface area contributed by atoms with E-state index in [9.17, 15) is 5.11 Å². The van der Waals surface area contributed by atoms with Gasteiger partial charge < -0.3 is 15.7 Å². The third kappa shape index (κ3) is 3.03. The summed E-state index contributed by atoms with van der Waals surface area (Å²) in [6.45, 7) is 6.64. The number of nitrogen functional groups attached to an aromatic ring is 1. The molecule has 1 aromatic heterocycles. The second-order valence-corrected chi connectivity index (χ2v) is 6.36. The maximum atomic E-state index is 10.5. The van der Waals surface area contributed by atoms with Gasteiger partial charge in [0.15, 0.2) is 0 Å². The van der Waals surface area contributed by atoms with Crippen LogP contribution in [0.1, 0.15) is 56.8 Å². The van der Waals surface area contributed by atoms with E-state index in [1.54, 1.807) is 0 Å². The van der Waals surface area contributed by atoms with Crippen LogP contribution in [-0.4, -0.2) is 34.3 Å². The van der Waals surface area contributed by atoms with E-state index in [0.29, 0.717) is 12.4 Å². The lowest BCUT2D eigenvalue weighted by atomic mass is 10.0. The van der Waals surface area contributed by atoms with Crippen LogP contribution in [0.2, 0.25) is 0 Å². The fourth-order valence-corrected chi connectivity index (χ4v) is 2.88. The van der Waals surface area contributed by atoms with Gasteiger partial charge in [-0.15, -0.1) is 0 Å². The van der Waals surface area contributed by atoms with Gasteiger partial charge in [0, 0.05) is 25.1 Å². The van der Waals surface area contributed by atoms with E-state index in [2.05, 4.69) is 23.8 Å². The fraction of sp³-hybridized carbons (Fsp3) is 0.733. The number of aromatic nitrogens is 2. The van der Waals surface area contributed by atoms with E-state index in [1.165, 1.54) is 0 Å². The van der Waals surface area contributed by atoms with Crippen molar-refractivity contribution in [3.8, 4) is 0 Å². The topological polar surface area (TPSA) is 75.3 Å². The van der Waals surface area contributed by atoms with Gasteiger partial charge in [-0.2, -0.15) is 0 Å². The number of nitrogens with two attached hydrogens (primary N) is 1. The molecule has 20 heavy (non-hydrogen) atoms. The zero-order valence-electron chi connectivity index (χ0n) is 13.0. The number of likely N-dealkylation sites (N-methyl/N-ethyl adjacent to an activating group) is 1. The standard InChI is InChI=1S/C15H26N4O/c1-10(2)13-17-12(16)11(3)14(18-13)19(4)9-15(20)7-5-6-8-15/h10,20H,5-9H2,1-4H3,(H2,16,17,18). The van der Waals surface area contributed by atoms with Crippen LogP contribution in [0.25, 0.3) is 0 Å². The number of hydrogen-bond donors (Lipinski definition) is 2. The average Bonchev–Trinajstić information content (AvgIpc) is 2.78. The van der Waals surface area contributed by atoms with Gasteiger partial charge in [0.05, 0.1) is 5.60 Å². The van der Waals surface area contributed by atoms with E-state index in [-0.39, 0.29) is 5.92 Å². The molecule has 5 nitrogen and oxygen atoms in total. The second kappa shape index (κ2) is 5.56. The van der Waals surface area contributed by atoms with Crippen LogP contribution >= 0.6 is 0 Å². The highest BCUT2D eigenvalue weighted by molar-refractivity contribution is 5.56. The summed E-state index contributed by atoms with van der Waals surface area (Å²) < 4.78 is 0. The molecule has 1 aliphatic carbocycles. The van der Waals surface area contributed by atoms with Gasteiger partial charge in [-0.05, 0) is 19.8 Å². The molecule has 0 unspecified atom stereocenters. The molecule has 0 bridgehead atoms. The van der Waals surface area contributed by atoms with Gasteiger partial charge in [0.25, 0.3) is 0 Å². The van der Waals surface area contributed by atoms with Crippen LogP contribution < -0.4 is 10.6 Å². The zero-order valence-corrected chi connectivity index (χ0v) is 13.0. The minimum absolute atomic E-state index is 0.236. The number of rotatable bonds is 4. The van der Waals surface area contributed by atoms with E-state index in [4.69, 9.17) is 5.73 Å². The summed E-state index contributed by atoms with van der Waals surface area (Å²) in [6.07, 6.45) is 3.95. The number of aliphatic hydroxyl groups is 1. The van der Waals surface area contributed by atoms with Gasteiger partial charge in [0.1, 0.15) is 17.5 Å². The van der Waals surface area contributed by atoms with E-state index >= 15 is 0 Å². The first-order valence-corrected chi connectivity index (χ1v) is 7.40. The van der Waals surface area contributed by atoms with Crippen LogP contribution in [0.4, 0.5) is 11.6 Å². The van der Waals surface area contributed by atoms with Gasteiger partial charge in [-0.3, -0.25) is 0 Å². The van der Waals surface area contributed by atoms with Crippen LogP contribution in [0, 0.1) is 6.92 Å². The second-order valence-electron chi connectivity index (χ2n) is 6.36. The molecule has 1 saturated carbocycles. The number of nitrogens with zero attached hydrogens (tertiary/aromatic N) is 3. The minimum atomic E-state index is -0.584. The Morgan fingerprint density at radius 3 is 2.45 bits per heavy atom. The molecular formula is C15H26N4O. The molecule has 0 atom stereocenters. The van der Waals surface area contributed by atoms with Crippen LogP contribution in [-0.2, 0) is 0 Å². The minimum Gasteiger partial charge on any atom is -0.388 e. The molecular weight excluding hydrogens is 252 g/mol. The fourth-order valence-electron chi connectivity index (χ4n) is 2.88. The van der Waals surface area contributed by atoms with E-state index in [1.807, 2.05) is 18.9 Å². The molecule has 0 spiro atoms. The molecule has 1 aliphatic rings. The van der Waals surface area contributed by atoms with E-state index < -0.39 is 5.60 Å². The summed E-state index contributed by atoms with van der Waals surface area (Å²) >= 11 is 0. The first kappa shape index (κ1) is 15.0. The molecule has 1 heterocycles. The zero-order chi connectivity index (χ0) is 14.9. The Labute approximate surface area is 121 Å². The molecule has 1 aromatic rings. The van der Waals surface area contributed by atoms with Crippen molar-refractivity contribution in [2.75, 3.05) is 24.2 Å². The Bertz CT molecular complexity index is 481. The third-order valence-corrected chi connectivity index (χ3v) is 4.12. The van der Waals surface area contributed by atoms with Crippen molar-refractivity contribution in [3.05, 3.63) is 11.4 Å². The van der Waals surface area contributed by atoms with Crippen molar-refractivity contribution in [3.63, 3.8) is 0 Å². The van der Waals surface area contributed by atoms with Crippen molar-refractivity contribution in [1.29, 1.82) is 0 Å². The predicted octanol–water partition coefficient (Wildman–Crippen LogP) is 2.23. The molecule has 5 heteroatoms. The highest BCUT2D eigenvalue weighted by atomic mass is 16.3. The van der Waals surface area contributed by atoms with Crippen molar-refractivity contribution in [2.45, 2.75) is 58.0 Å². The highest BCUT2D eigenvalue weighted by Crippen LogP contribution is 2.32. The van der Waals surface area contributed by atoms with Crippen molar-refractivity contribution in [2.24, 2.45) is 0 Å². The Morgan fingerprint density at radius 2 is 1.90 bits per heavy atom. The SMILES string of the molecule is Cc1c(N)nc(C(C)C)nc1N(C)CC1(O)CCCC1. The van der Waals surface area contributed by atoms with Crippen molar-refractivity contribution in [1.82, 2.24) is 9.97 Å². The largest absolute Gasteiger partial charge is 0.388 e. The number of hydrogen-bond acceptors (Lipinski definition) is 5. The van der Waals surface area contributed by atoms with Crippen LogP contribution in [0.15, 0.2) is 0 Å². The Hall–Kier alpha value is -1.36. The lowest BCUT2D eigenvalue weighted by molar-refractivity contribution is 0.0557. The normalized spacial score (nSPS) is 17.7. The highest BCUT2D eigenvalue weighted by Gasteiger charge is 2.33. The molecule has 0 aromatic carbocycles. The lowest BCUT2D eigenvalue weighted by Crippen LogP contribution is -2.40. The van der Waals surface area contributed by atoms with Crippen LogP contribution in [0.3, 0.4) is 0 Å². The quantitative estimate of drug-likeness (QED) is 0.883. The Morgan fingerprint density at radius 1 is 1.30 bits per heavy atom. The first-order chi connectivity index (χ1) is 9.32. The monoisotopic (exact) mass is 278 g/mol. The maximum absolute atomic E-state index is 10.5. The molecule has 3 N–H and O–H groups in total. The van der Waals surface area contributed by atoms with Gasteiger partial charge in [-0.25, -0.2) is 9.97 Å². The molecule has 0 radical (unpaired) electrons. The Balaban J connectivity index is 2.26. The van der Waals surface area contributed by atoms with Crippen molar-refractivity contribution >= 4 is 11.6 Å². The van der Waals surface area contributed by atoms with Gasteiger partial charge >= 0.3 is 0 Å². The summed E-state index contributed by atoms with van der Waals surface area (Å²) in [5.41, 5.74) is 6.30. The predicted molar refractivity (Wildman–Crippen MR) is 82.0 cm³/mol. The first-order valence-electron chi connectivity index (χ1n) is 7.40. The summed E-state index contributed by atoms with van der Waals surface area (Å²) in [5.74, 6) is 2.36. The molecule has 0 amide bonds. The molecule has 1 fully saturated rings. The van der Waals surface area contributed by atoms with Crippen molar-refractivity contribution < 1.29 is 5.11 Å². The average molecular weight is 278 g/mol. The molecule has 0 saturated heterocycles. The summed E-state index contributed by atoms with van der Waals surface area (Å²) in [4.78, 5) is 11.0. The molecule has 2 rings (SSSR count). The van der Waals surface area contributed by atoms with Crippen LogP contribution in [0.5, 0.6) is 0 Å². The third-order valence-electron chi connectivity index (χ3n) is 4.12. The summed E-state index contributed by atoms with van der Waals surface area (Å²) in [6, 6.07) is 0. The maximum Gasteiger partial charge on any atom is 0.137 e.